The lowest BCUT2D eigenvalue weighted by Gasteiger charge is -2.59. The van der Waals surface area contributed by atoms with Crippen molar-refractivity contribution in [2.45, 2.75) is 78.0 Å². The summed E-state index contributed by atoms with van der Waals surface area (Å²) < 4.78 is 23.4. The number of aliphatic hydroxyl groups excluding tert-OH is 1. The number of likely N-dealkylation sites (tertiary alicyclic amines) is 1. The van der Waals surface area contributed by atoms with Crippen molar-refractivity contribution in [1.29, 1.82) is 0 Å². The minimum atomic E-state index is -1.05. The van der Waals surface area contributed by atoms with Gasteiger partial charge in [0.15, 0.2) is 0 Å². The maximum Gasteiger partial charge on any atom is 0.407 e. The number of fused-ring (bicyclic) bond motifs is 1. The lowest BCUT2D eigenvalue weighted by Crippen LogP contribution is -2.67. The van der Waals surface area contributed by atoms with E-state index in [1.165, 1.54) is 4.90 Å². The second-order valence-corrected chi connectivity index (χ2v) is 14.6. The Hall–Kier alpha value is -3.54. The molecule has 3 atom stereocenters. The number of carbonyl (C=O) groups excluding carboxylic acids is 1. The van der Waals surface area contributed by atoms with Crippen LogP contribution < -0.4 is 19.7 Å². The van der Waals surface area contributed by atoms with Gasteiger partial charge in [-0.25, -0.2) is 4.79 Å². The van der Waals surface area contributed by atoms with Gasteiger partial charge in [-0.1, -0.05) is 52.8 Å². The fourth-order valence-corrected chi connectivity index (χ4v) is 7.31. The second-order valence-electron chi connectivity index (χ2n) is 14.6. The van der Waals surface area contributed by atoms with Gasteiger partial charge in [-0.05, 0) is 60.1 Å². The van der Waals surface area contributed by atoms with Crippen molar-refractivity contribution in [3.05, 3.63) is 53.6 Å². The van der Waals surface area contributed by atoms with Gasteiger partial charge in [0.05, 0.1) is 50.7 Å². The first kappa shape index (κ1) is 37.3. The predicted octanol–water partition coefficient (Wildman–Crippen LogP) is 5.29. The smallest absolute Gasteiger partial charge is 0.407 e. The van der Waals surface area contributed by atoms with Gasteiger partial charge < -0.3 is 39.4 Å². The largest absolute Gasteiger partial charge is 0.497 e. The number of nitrogens with zero attached hydrogens (tertiary/aromatic N) is 2. The number of methoxy groups -OCH3 is 2. The monoisotopic (exact) mass is 669 g/mol. The predicted molar refractivity (Wildman–Crippen MR) is 185 cm³/mol. The molecule has 1 fully saturated rings. The Balaban J connectivity index is 1.69. The summed E-state index contributed by atoms with van der Waals surface area (Å²) in [6.07, 6.45) is 0.137. The van der Waals surface area contributed by atoms with Crippen molar-refractivity contribution >= 4 is 17.7 Å². The van der Waals surface area contributed by atoms with Gasteiger partial charge in [-0.3, -0.25) is 9.69 Å². The van der Waals surface area contributed by atoms with E-state index in [1.807, 2.05) is 71.0 Å². The molecule has 0 unspecified atom stereocenters. The first-order valence-electron chi connectivity index (χ1n) is 16.9. The van der Waals surface area contributed by atoms with Crippen molar-refractivity contribution in [3.63, 3.8) is 0 Å². The Labute approximate surface area is 285 Å². The van der Waals surface area contributed by atoms with E-state index in [9.17, 15) is 19.8 Å². The van der Waals surface area contributed by atoms with Crippen LogP contribution in [0.3, 0.4) is 0 Å². The zero-order valence-corrected chi connectivity index (χ0v) is 29.7. The number of anilines is 1. The molecule has 2 heterocycles. The van der Waals surface area contributed by atoms with Crippen LogP contribution in [0.1, 0.15) is 70.9 Å². The van der Waals surface area contributed by atoms with Gasteiger partial charge in [0.25, 0.3) is 0 Å². The molecule has 3 N–H and O–H groups in total. The molecule has 48 heavy (non-hydrogen) atoms. The minimum absolute atomic E-state index is 0.134. The SMILES string of the molecule is COCCCN1CCOc2ccc(CO[C@H]3CN(C(=O)O)[C@@](CC(C)(C)C(=O)NCCO)(C(C)(C)C)C[C@@H]3c3ccc(OC)cc3)cc21. The van der Waals surface area contributed by atoms with Crippen LogP contribution in [0.4, 0.5) is 10.5 Å². The topological polar surface area (TPSA) is 130 Å². The lowest BCUT2D eigenvalue weighted by molar-refractivity contribution is -0.140. The number of ether oxygens (including phenoxy) is 4. The molecule has 0 saturated carbocycles. The number of nitrogens with one attached hydrogen (secondary N) is 1. The number of aliphatic hydroxyl groups is 1. The van der Waals surface area contributed by atoms with E-state index in [4.69, 9.17) is 18.9 Å². The molecule has 0 radical (unpaired) electrons. The van der Waals surface area contributed by atoms with Gasteiger partial charge in [0, 0.05) is 38.1 Å². The van der Waals surface area contributed by atoms with Gasteiger partial charge in [0.1, 0.15) is 18.1 Å². The summed E-state index contributed by atoms with van der Waals surface area (Å²) in [5.74, 6) is 1.18. The summed E-state index contributed by atoms with van der Waals surface area (Å²) in [5.41, 5.74) is 0.629. The van der Waals surface area contributed by atoms with Crippen LogP contribution in [0, 0.1) is 10.8 Å². The van der Waals surface area contributed by atoms with Crippen LogP contribution in [0.15, 0.2) is 42.5 Å². The highest BCUT2D eigenvalue weighted by Gasteiger charge is 2.57. The van der Waals surface area contributed by atoms with Crippen LogP contribution in [0.2, 0.25) is 0 Å². The average Bonchev–Trinajstić information content (AvgIpc) is 3.05. The summed E-state index contributed by atoms with van der Waals surface area (Å²) in [6, 6.07) is 14.0. The third-order valence-electron chi connectivity index (χ3n) is 10.0. The summed E-state index contributed by atoms with van der Waals surface area (Å²) in [6.45, 7) is 13.2. The number of piperidine rings is 1. The Kier molecular flexibility index (Phi) is 12.3. The van der Waals surface area contributed by atoms with Crippen molar-refractivity contribution < 1.29 is 38.7 Å². The van der Waals surface area contributed by atoms with Gasteiger partial charge in [-0.2, -0.15) is 0 Å². The van der Waals surface area contributed by atoms with Crippen LogP contribution in [-0.2, 0) is 20.9 Å². The Morgan fingerprint density at radius 3 is 2.44 bits per heavy atom. The van der Waals surface area contributed by atoms with E-state index in [1.54, 1.807) is 14.2 Å². The number of carbonyl (C=O) groups is 2. The lowest BCUT2D eigenvalue weighted by atomic mass is 9.58. The van der Waals surface area contributed by atoms with Crippen LogP contribution in [0.5, 0.6) is 11.5 Å². The number of hydrogen-bond donors (Lipinski definition) is 3. The summed E-state index contributed by atoms with van der Waals surface area (Å²) in [7, 11) is 3.34. The average molecular weight is 670 g/mol. The van der Waals surface area contributed by atoms with E-state index >= 15 is 0 Å². The number of rotatable bonds is 14. The standard InChI is InChI=1S/C37H55N3O8/c1-35(2,3)37(25-36(4,5)33(42)38-15-18-41)22-29(27-10-12-28(46-7)13-11-27)32(23-40(37)34(43)44)48-24-26-9-14-31-30(21-26)39(17-20-47-31)16-8-19-45-6/h9-14,21,29,32,41H,8,15-20,22-25H2,1-7H3,(H,38,42)(H,43,44)/t29-,32+,37+/m1/s1. The van der Waals surface area contributed by atoms with Gasteiger partial charge in [-0.15, -0.1) is 0 Å². The van der Waals surface area contributed by atoms with Crippen molar-refractivity contribution in [1.82, 2.24) is 10.2 Å². The second kappa shape index (κ2) is 15.8. The Bertz CT molecular complexity index is 1380. The molecule has 0 aliphatic carbocycles. The highest BCUT2D eigenvalue weighted by Crippen LogP contribution is 2.53. The summed E-state index contributed by atoms with van der Waals surface area (Å²) in [4.78, 5) is 30.4. The molecule has 2 amide bonds. The fourth-order valence-electron chi connectivity index (χ4n) is 7.31. The molecule has 0 spiro atoms. The van der Waals surface area contributed by atoms with Crippen molar-refractivity contribution in [2.75, 3.05) is 65.1 Å². The fraction of sp³-hybridized carbons (Fsp3) is 0.622. The quantitative estimate of drug-likeness (QED) is 0.230. The molecule has 0 aromatic heterocycles. The summed E-state index contributed by atoms with van der Waals surface area (Å²) >= 11 is 0. The molecule has 0 bridgehead atoms. The molecule has 4 rings (SSSR count). The van der Waals surface area contributed by atoms with Crippen LogP contribution in [0.25, 0.3) is 0 Å². The molecule has 2 aromatic carbocycles. The highest BCUT2D eigenvalue weighted by atomic mass is 16.5. The molecule has 2 aromatic rings. The molecule has 2 aliphatic rings. The Morgan fingerprint density at radius 1 is 1.08 bits per heavy atom. The van der Waals surface area contributed by atoms with Crippen LogP contribution >= 0.6 is 0 Å². The normalized spacial score (nSPS) is 21.3. The van der Waals surface area contributed by atoms with E-state index < -0.39 is 28.6 Å². The van der Waals surface area contributed by atoms with E-state index in [-0.39, 0.29) is 37.9 Å². The zero-order valence-electron chi connectivity index (χ0n) is 29.7. The molecular weight excluding hydrogens is 614 g/mol. The number of amides is 2. The molecule has 266 valence electrons. The third kappa shape index (κ3) is 8.36. The number of benzene rings is 2. The van der Waals surface area contributed by atoms with E-state index in [2.05, 4.69) is 16.3 Å². The molecular formula is C37H55N3O8. The van der Waals surface area contributed by atoms with Gasteiger partial charge >= 0.3 is 6.09 Å². The maximum absolute atomic E-state index is 13.3. The molecule has 2 aliphatic heterocycles. The van der Waals surface area contributed by atoms with Gasteiger partial charge in [0.2, 0.25) is 5.91 Å². The first-order valence-corrected chi connectivity index (χ1v) is 16.9. The first-order chi connectivity index (χ1) is 22.8. The molecule has 11 heteroatoms. The highest BCUT2D eigenvalue weighted by molar-refractivity contribution is 5.82. The zero-order chi connectivity index (χ0) is 35.1. The minimum Gasteiger partial charge on any atom is -0.497 e. The Morgan fingerprint density at radius 2 is 1.81 bits per heavy atom. The molecule has 1 saturated heterocycles. The molecule has 11 nitrogen and oxygen atoms in total. The van der Waals surface area contributed by atoms with Crippen molar-refractivity contribution in [3.8, 4) is 11.5 Å². The number of carboxylic acid groups (broad SMARTS) is 1. The maximum atomic E-state index is 13.3. The number of hydrogen-bond acceptors (Lipinski definition) is 8. The third-order valence-corrected chi connectivity index (χ3v) is 10.0. The van der Waals surface area contributed by atoms with Crippen LogP contribution in [-0.4, -0.2) is 99.0 Å². The van der Waals surface area contributed by atoms with E-state index in [0.29, 0.717) is 26.2 Å². The summed E-state index contributed by atoms with van der Waals surface area (Å²) in [5, 5.41) is 22.9. The van der Waals surface area contributed by atoms with Crippen molar-refractivity contribution in [2.24, 2.45) is 10.8 Å². The van der Waals surface area contributed by atoms with E-state index in [0.717, 1.165) is 47.8 Å².